The lowest BCUT2D eigenvalue weighted by atomic mass is 10.0. The zero-order valence-corrected chi connectivity index (χ0v) is 19.6. The van der Waals surface area contributed by atoms with Gasteiger partial charge in [-0.15, -0.1) is 17.0 Å². The largest absolute Gasteiger partial charge is 0.480 e. The Bertz CT molecular complexity index is 748. The highest BCUT2D eigenvalue weighted by Crippen LogP contribution is 2.24. The van der Waals surface area contributed by atoms with Crippen molar-refractivity contribution in [3.63, 3.8) is 0 Å². The van der Waals surface area contributed by atoms with E-state index in [1.165, 1.54) is 5.01 Å². The van der Waals surface area contributed by atoms with Crippen molar-refractivity contribution in [1.29, 1.82) is 0 Å². The van der Waals surface area contributed by atoms with E-state index in [0.717, 1.165) is 18.4 Å². The van der Waals surface area contributed by atoms with Crippen LogP contribution in [-0.2, 0) is 25.5 Å². The van der Waals surface area contributed by atoms with Gasteiger partial charge in [0.2, 0.25) is 0 Å². The fraction of sp³-hybridized carbons (Fsp3) is 0.591. The predicted molar refractivity (Wildman–Crippen MR) is 121 cm³/mol. The summed E-state index contributed by atoms with van der Waals surface area (Å²) in [5, 5.41) is 16.1. The molecule has 1 aromatic rings. The lowest BCUT2D eigenvalue weighted by Crippen LogP contribution is -2.61. The number of rotatable bonds is 8. The Morgan fingerprint density at radius 1 is 1.19 bits per heavy atom. The number of aryl methyl sites for hydroxylation is 1. The topological polar surface area (TPSA) is 99.2 Å². The van der Waals surface area contributed by atoms with Crippen LogP contribution in [0.25, 0.3) is 0 Å². The van der Waals surface area contributed by atoms with E-state index in [-0.39, 0.29) is 35.5 Å². The standard InChI is InChI=1S/C22H31N3O5.BrH/c1-2-30-22(29)18(13-12-16-8-4-3-5-9-16)23-17-10-6-14-24-15-7-11-19(21(27)28)25(24)20(17)26;/h3-5,8-9,17-19,23H,2,6-7,10-15H2,1H3,(H,27,28);1H/t17-,18-,19-;/m0./s1. The minimum absolute atomic E-state index is 0. The second-order valence-corrected chi connectivity index (χ2v) is 7.82. The number of hydrazine groups is 1. The summed E-state index contributed by atoms with van der Waals surface area (Å²) in [5.74, 6) is -1.64. The molecule has 2 saturated heterocycles. The van der Waals surface area contributed by atoms with Crippen LogP contribution in [0.15, 0.2) is 30.3 Å². The molecule has 0 aliphatic carbocycles. The molecule has 31 heavy (non-hydrogen) atoms. The average Bonchev–Trinajstić information content (AvgIpc) is 2.90. The third-order valence-electron chi connectivity index (χ3n) is 5.75. The quantitative estimate of drug-likeness (QED) is 0.530. The SMILES string of the molecule is Br.CCOC(=O)[C@H](CCc1ccccc1)N[C@H]1CCCN2CCC[C@@H](C(=O)O)N2C1=O. The minimum atomic E-state index is -0.986. The normalized spacial score (nSPS) is 22.6. The van der Waals surface area contributed by atoms with Crippen molar-refractivity contribution in [3.8, 4) is 0 Å². The van der Waals surface area contributed by atoms with E-state index in [0.29, 0.717) is 38.8 Å². The molecule has 9 heteroatoms. The molecule has 2 aliphatic rings. The van der Waals surface area contributed by atoms with Crippen LogP contribution in [0.5, 0.6) is 0 Å². The zero-order chi connectivity index (χ0) is 21.5. The van der Waals surface area contributed by atoms with Crippen molar-refractivity contribution >= 4 is 34.8 Å². The number of carboxylic acids is 1. The number of benzene rings is 1. The molecule has 0 radical (unpaired) electrons. The minimum Gasteiger partial charge on any atom is -0.480 e. The van der Waals surface area contributed by atoms with Gasteiger partial charge in [0.15, 0.2) is 0 Å². The van der Waals surface area contributed by atoms with Gasteiger partial charge in [-0.25, -0.2) is 9.80 Å². The first-order valence-corrected chi connectivity index (χ1v) is 10.8. The van der Waals surface area contributed by atoms with Gasteiger partial charge in [-0.1, -0.05) is 30.3 Å². The highest BCUT2D eigenvalue weighted by atomic mass is 79.9. The third-order valence-corrected chi connectivity index (χ3v) is 5.75. The van der Waals surface area contributed by atoms with Crippen LogP contribution in [0.4, 0.5) is 0 Å². The van der Waals surface area contributed by atoms with E-state index in [9.17, 15) is 19.5 Å². The number of nitrogens with one attached hydrogen (secondary N) is 1. The van der Waals surface area contributed by atoms with Crippen LogP contribution >= 0.6 is 17.0 Å². The van der Waals surface area contributed by atoms with Crippen LogP contribution < -0.4 is 5.32 Å². The van der Waals surface area contributed by atoms with Crippen LogP contribution in [-0.4, -0.2) is 70.8 Å². The lowest BCUT2D eigenvalue weighted by molar-refractivity contribution is -0.174. The molecule has 0 unspecified atom stereocenters. The number of aliphatic carboxylic acids is 1. The molecule has 2 heterocycles. The molecule has 3 atom stereocenters. The van der Waals surface area contributed by atoms with Crippen LogP contribution in [0.1, 0.15) is 44.6 Å². The predicted octanol–water partition coefficient (Wildman–Crippen LogP) is 2.17. The number of halogens is 1. The molecule has 2 fully saturated rings. The fourth-order valence-corrected chi connectivity index (χ4v) is 4.26. The highest BCUT2D eigenvalue weighted by Gasteiger charge is 2.42. The van der Waals surface area contributed by atoms with Crippen LogP contribution in [0, 0.1) is 0 Å². The molecule has 0 bridgehead atoms. The van der Waals surface area contributed by atoms with Crippen molar-refractivity contribution in [2.45, 2.75) is 63.6 Å². The van der Waals surface area contributed by atoms with Gasteiger partial charge in [0.25, 0.3) is 5.91 Å². The maximum Gasteiger partial charge on any atom is 0.328 e. The number of hydrogen-bond donors (Lipinski definition) is 2. The molecule has 0 aromatic heterocycles. The Morgan fingerprint density at radius 2 is 1.87 bits per heavy atom. The van der Waals surface area contributed by atoms with Crippen LogP contribution in [0.3, 0.4) is 0 Å². The summed E-state index contributed by atoms with van der Waals surface area (Å²) >= 11 is 0. The molecular weight excluding hydrogens is 466 g/mol. The summed E-state index contributed by atoms with van der Waals surface area (Å²) in [6.07, 6.45) is 3.67. The first-order chi connectivity index (χ1) is 14.5. The van der Waals surface area contributed by atoms with E-state index in [4.69, 9.17) is 4.74 Å². The van der Waals surface area contributed by atoms with Gasteiger partial charge >= 0.3 is 11.9 Å². The molecule has 1 amide bonds. The van der Waals surface area contributed by atoms with E-state index < -0.39 is 24.1 Å². The monoisotopic (exact) mass is 497 g/mol. The molecule has 8 nitrogen and oxygen atoms in total. The van der Waals surface area contributed by atoms with Gasteiger partial charge in [0.1, 0.15) is 12.1 Å². The average molecular weight is 498 g/mol. The molecule has 3 rings (SSSR count). The molecule has 2 N–H and O–H groups in total. The van der Waals surface area contributed by atoms with Crippen molar-refractivity contribution in [2.24, 2.45) is 0 Å². The number of esters is 1. The Hall–Kier alpha value is -1.97. The van der Waals surface area contributed by atoms with Crippen LogP contribution in [0.2, 0.25) is 0 Å². The molecule has 172 valence electrons. The van der Waals surface area contributed by atoms with E-state index in [1.54, 1.807) is 6.92 Å². The fourth-order valence-electron chi connectivity index (χ4n) is 4.26. The number of nitrogens with zero attached hydrogens (tertiary/aromatic N) is 2. The number of carbonyl (C=O) groups excluding carboxylic acids is 2. The van der Waals surface area contributed by atoms with Crippen molar-refractivity contribution in [2.75, 3.05) is 19.7 Å². The number of amides is 1. The maximum absolute atomic E-state index is 13.3. The maximum atomic E-state index is 13.3. The summed E-state index contributed by atoms with van der Waals surface area (Å²) in [5.41, 5.74) is 1.11. The highest BCUT2D eigenvalue weighted by molar-refractivity contribution is 8.93. The first kappa shape index (κ1) is 25.3. The number of fused-ring (bicyclic) bond motifs is 1. The Balaban J connectivity index is 0.00000341. The van der Waals surface area contributed by atoms with Gasteiger partial charge in [0, 0.05) is 13.1 Å². The van der Waals surface area contributed by atoms with Gasteiger partial charge in [-0.3, -0.25) is 19.9 Å². The summed E-state index contributed by atoms with van der Waals surface area (Å²) in [6, 6.07) is 7.77. The van der Waals surface area contributed by atoms with Gasteiger partial charge in [-0.05, 0) is 51.0 Å². The van der Waals surface area contributed by atoms with Gasteiger partial charge < -0.3 is 9.84 Å². The number of ether oxygens (including phenoxy) is 1. The number of hydrogen-bond acceptors (Lipinski definition) is 6. The second kappa shape index (κ2) is 12.2. The molecule has 0 spiro atoms. The van der Waals surface area contributed by atoms with E-state index >= 15 is 0 Å². The zero-order valence-electron chi connectivity index (χ0n) is 17.9. The van der Waals surface area contributed by atoms with Gasteiger partial charge in [-0.2, -0.15) is 0 Å². The number of carbonyl (C=O) groups is 3. The third kappa shape index (κ3) is 6.51. The summed E-state index contributed by atoms with van der Waals surface area (Å²) in [6.45, 7) is 3.34. The smallest absolute Gasteiger partial charge is 0.328 e. The lowest BCUT2D eigenvalue weighted by Gasteiger charge is -2.42. The summed E-state index contributed by atoms with van der Waals surface area (Å²) in [4.78, 5) is 37.6. The van der Waals surface area contributed by atoms with E-state index in [2.05, 4.69) is 5.32 Å². The van der Waals surface area contributed by atoms with Crippen molar-refractivity contribution in [1.82, 2.24) is 15.3 Å². The first-order valence-electron chi connectivity index (χ1n) is 10.8. The summed E-state index contributed by atoms with van der Waals surface area (Å²) < 4.78 is 5.24. The molecular formula is C22H32BrN3O5. The molecule has 2 aliphatic heterocycles. The Kier molecular flexibility index (Phi) is 9.93. The summed E-state index contributed by atoms with van der Waals surface area (Å²) in [7, 11) is 0. The Labute approximate surface area is 193 Å². The van der Waals surface area contributed by atoms with E-state index in [1.807, 2.05) is 35.3 Å². The Morgan fingerprint density at radius 3 is 2.52 bits per heavy atom. The number of carboxylic acid groups (broad SMARTS) is 1. The molecule has 1 aromatic carbocycles. The van der Waals surface area contributed by atoms with Gasteiger partial charge in [0.05, 0.1) is 12.6 Å². The van der Waals surface area contributed by atoms with Crippen molar-refractivity contribution in [3.05, 3.63) is 35.9 Å². The second-order valence-electron chi connectivity index (χ2n) is 7.82. The van der Waals surface area contributed by atoms with Crippen molar-refractivity contribution < 1.29 is 24.2 Å². The molecule has 0 saturated carbocycles.